The van der Waals surface area contributed by atoms with Crippen molar-refractivity contribution in [2.45, 2.75) is 44.8 Å². The van der Waals surface area contributed by atoms with E-state index < -0.39 is 5.60 Å². The summed E-state index contributed by atoms with van der Waals surface area (Å²) < 4.78 is 5.40. The van der Waals surface area contributed by atoms with Crippen molar-refractivity contribution in [1.82, 2.24) is 5.32 Å². The second-order valence-corrected chi connectivity index (χ2v) is 5.84. The first-order valence-corrected chi connectivity index (χ1v) is 6.47. The smallest absolute Gasteiger partial charge is 0.323 e. The lowest BCUT2D eigenvalue weighted by Crippen LogP contribution is -2.37. The van der Waals surface area contributed by atoms with Crippen molar-refractivity contribution in [2.75, 3.05) is 6.54 Å². The molecule has 2 rings (SSSR count). The number of hydrogen-bond donors (Lipinski definition) is 1. The van der Waals surface area contributed by atoms with E-state index in [0.29, 0.717) is 5.92 Å². The van der Waals surface area contributed by atoms with Crippen molar-refractivity contribution >= 4 is 5.97 Å². The average Bonchev–Trinajstić information content (AvgIpc) is 2.77. The van der Waals surface area contributed by atoms with Crippen molar-refractivity contribution in [2.24, 2.45) is 0 Å². The van der Waals surface area contributed by atoms with Crippen LogP contribution in [0.5, 0.6) is 0 Å². The third-order valence-electron chi connectivity index (χ3n) is 3.09. The van der Waals surface area contributed by atoms with Gasteiger partial charge in [-0.05, 0) is 38.7 Å². The SMILES string of the molecule is CC(C)(C)OC(=O)C1CC(c2ccccc2)CN1. The van der Waals surface area contributed by atoms with Gasteiger partial charge in [-0.15, -0.1) is 0 Å². The van der Waals surface area contributed by atoms with E-state index >= 15 is 0 Å². The van der Waals surface area contributed by atoms with Crippen LogP contribution in [0.25, 0.3) is 0 Å². The van der Waals surface area contributed by atoms with Crippen LogP contribution in [0.3, 0.4) is 0 Å². The van der Waals surface area contributed by atoms with Gasteiger partial charge in [-0.2, -0.15) is 0 Å². The molecule has 1 heterocycles. The maximum absolute atomic E-state index is 12.0. The lowest BCUT2D eigenvalue weighted by atomic mass is 9.96. The summed E-state index contributed by atoms with van der Waals surface area (Å²) in [5.41, 5.74) is 0.875. The molecule has 0 aliphatic carbocycles. The Morgan fingerprint density at radius 2 is 1.94 bits per heavy atom. The summed E-state index contributed by atoms with van der Waals surface area (Å²) >= 11 is 0. The molecule has 0 amide bonds. The van der Waals surface area contributed by atoms with E-state index in [-0.39, 0.29) is 12.0 Å². The maximum Gasteiger partial charge on any atom is 0.323 e. The number of ether oxygens (including phenoxy) is 1. The van der Waals surface area contributed by atoms with Crippen LogP contribution in [-0.4, -0.2) is 24.2 Å². The molecule has 0 radical (unpaired) electrons. The molecular weight excluding hydrogens is 226 g/mol. The third-order valence-corrected chi connectivity index (χ3v) is 3.09. The Morgan fingerprint density at radius 3 is 2.56 bits per heavy atom. The minimum Gasteiger partial charge on any atom is -0.459 e. The number of esters is 1. The Morgan fingerprint density at radius 1 is 1.28 bits per heavy atom. The zero-order valence-corrected chi connectivity index (χ0v) is 11.3. The Kier molecular flexibility index (Phi) is 3.71. The molecule has 2 unspecified atom stereocenters. The van der Waals surface area contributed by atoms with E-state index in [0.717, 1.165) is 13.0 Å². The number of rotatable bonds is 2. The predicted octanol–water partition coefficient (Wildman–Crippen LogP) is 2.47. The lowest BCUT2D eigenvalue weighted by Gasteiger charge is -2.22. The molecule has 1 aromatic rings. The van der Waals surface area contributed by atoms with Gasteiger partial charge in [0.2, 0.25) is 0 Å². The third kappa shape index (κ3) is 3.33. The normalized spacial score (nSPS) is 23.9. The fourth-order valence-electron chi connectivity index (χ4n) is 2.27. The van der Waals surface area contributed by atoms with Gasteiger partial charge in [0.05, 0.1) is 0 Å². The number of nitrogens with one attached hydrogen (secondary N) is 1. The Hall–Kier alpha value is -1.35. The monoisotopic (exact) mass is 247 g/mol. The summed E-state index contributed by atoms with van der Waals surface area (Å²) in [5, 5.41) is 3.25. The summed E-state index contributed by atoms with van der Waals surface area (Å²) in [7, 11) is 0. The van der Waals surface area contributed by atoms with Gasteiger partial charge < -0.3 is 10.1 Å². The van der Waals surface area contributed by atoms with Crippen molar-refractivity contribution in [3.05, 3.63) is 35.9 Å². The first-order valence-electron chi connectivity index (χ1n) is 6.47. The number of hydrogen-bond acceptors (Lipinski definition) is 3. The molecule has 1 aromatic carbocycles. The summed E-state index contributed by atoms with van der Waals surface area (Å²) in [5.74, 6) is 0.268. The fraction of sp³-hybridized carbons (Fsp3) is 0.533. The summed E-state index contributed by atoms with van der Waals surface area (Å²) in [6.45, 7) is 6.53. The van der Waals surface area contributed by atoms with E-state index in [2.05, 4.69) is 17.4 Å². The topological polar surface area (TPSA) is 38.3 Å². The number of carbonyl (C=O) groups is 1. The van der Waals surface area contributed by atoms with Crippen molar-refractivity contribution in [3.63, 3.8) is 0 Å². The lowest BCUT2D eigenvalue weighted by molar-refractivity contribution is -0.157. The van der Waals surface area contributed by atoms with Gasteiger partial charge in [-0.3, -0.25) is 4.79 Å². The molecule has 98 valence electrons. The van der Waals surface area contributed by atoms with Gasteiger partial charge in [0.15, 0.2) is 0 Å². The first kappa shape index (κ1) is 13.1. The minimum atomic E-state index is -0.413. The molecule has 0 aromatic heterocycles. The van der Waals surface area contributed by atoms with Gasteiger partial charge in [0.1, 0.15) is 11.6 Å². The molecule has 0 bridgehead atoms. The molecule has 1 fully saturated rings. The zero-order chi connectivity index (χ0) is 13.2. The van der Waals surface area contributed by atoms with E-state index in [1.54, 1.807) is 0 Å². The molecule has 0 spiro atoms. The molecule has 1 aliphatic heterocycles. The van der Waals surface area contributed by atoms with E-state index in [1.807, 2.05) is 39.0 Å². The fourth-order valence-corrected chi connectivity index (χ4v) is 2.27. The summed E-state index contributed by atoms with van der Waals surface area (Å²) in [6, 6.07) is 10.1. The van der Waals surface area contributed by atoms with Crippen LogP contribution < -0.4 is 5.32 Å². The van der Waals surface area contributed by atoms with E-state index in [4.69, 9.17) is 4.74 Å². The van der Waals surface area contributed by atoms with Crippen LogP contribution in [-0.2, 0) is 9.53 Å². The molecule has 3 nitrogen and oxygen atoms in total. The van der Waals surface area contributed by atoms with Gasteiger partial charge in [0, 0.05) is 6.54 Å². The summed E-state index contributed by atoms with van der Waals surface area (Å²) in [4.78, 5) is 12.0. The van der Waals surface area contributed by atoms with Crippen molar-refractivity contribution in [1.29, 1.82) is 0 Å². The highest BCUT2D eigenvalue weighted by Crippen LogP contribution is 2.26. The van der Waals surface area contributed by atoms with Crippen molar-refractivity contribution in [3.8, 4) is 0 Å². The van der Waals surface area contributed by atoms with Crippen LogP contribution in [0, 0.1) is 0 Å². The zero-order valence-electron chi connectivity index (χ0n) is 11.3. The second-order valence-electron chi connectivity index (χ2n) is 5.84. The highest BCUT2D eigenvalue weighted by atomic mass is 16.6. The Labute approximate surface area is 109 Å². The van der Waals surface area contributed by atoms with E-state index in [9.17, 15) is 4.79 Å². The molecular formula is C15H21NO2. The van der Waals surface area contributed by atoms with Crippen molar-refractivity contribution < 1.29 is 9.53 Å². The van der Waals surface area contributed by atoms with Gasteiger partial charge >= 0.3 is 5.97 Å². The van der Waals surface area contributed by atoms with Crippen LogP contribution in [0.15, 0.2) is 30.3 Å². The van der Waals surface area contributed by atoms with Gasteiger partial charge in [0.25, 0.3) is 0 Å². The maximum atomic E-state index is 12.0. The highest BCUT2D eigenvalue weighted by molar-refractivity contribution is 5.76. The van der Waals surface area contributed by atoms with Gasteiger partial charge in [-0.1, -0.05) is 30.3 Å². The van der Waals surface area contributed by atoms with Crippen LogP contribution in [0.4, 0.5) is 0 Å². The second kappa shape index (κ2) is 5.11. The van der Waals surface area contributed by atoms with E-state index in [1.165, 1.54) is 5.56 Å². The largest absolute Gasteiger partial charge is 0.459 e. The minimum absolute atomic E-state index is 0.138. The molecule has 1 saturated heterocycles. The average molecular weight is 247 g/mol. The Bertz CT molecular complexity index is 408. The molecule has 2 atom stereocenters. The molecule has 1 aliphatic rings. The van der Waals surface area contributed by atoms with Crippen LogP contribution >= 0.6 is 0 Å². The quantitative estimate of drug-likeness (QED) is 0.816. The number of benzene rings is 1. The number of carbonyl (C=O) groups excluding carboxylic acids is 1. The highest BCUT2D eigenvalue weighted by Gasteiger charge is 2.33. The molecule has 1 N–H and O–H groups in total. The summed E-state index contributed by atoms with van der Waals surface area (Å²) in [6.07, 6.45) is 0.818. The first-order chi connectivity index (χ1) is 8.46. The van der Waals surface area contributed by atoms with Crippen LogP contribution in [0.2, 0.25) is 0 Å². The van der Waals surface area contributed by atoms with Gasteiger partial charge in [-0.25, -0.2) is 0 Å². The Balaban J connectivity index is 1.95. The standard InChI is InChI=1S/C15H21NO2/c1-15(2,3)18-14(17)13-9-12(10-16-13)11-7-5-4-6-8-11/h4-8,12-13,16H,9-10H2,1-3H3. The molecule has 18 heavy (non-hydrogen) atoms. The van der Waals surface area contributed by atoms with Crippen LogP contribution in [0.1, 0.15) is 38.7 Å². The predicted molar refractivity (Wildman–Crippen MR) is 71.4 cm³/mol. The molecule has 3 heteroatoms. The molecule has 0 saturated carbocycles.